The highest BCUT2D eigenvalue weighted by molar-refractivity contribution is 6.30. The van der Waals surface area contributed by atoms with Crippen molar-refractivity contribution in [2.24, 2.45) is 0 Å². The number of anilines is 1. The number of fused-ring (bicyclic) bond motifs is 3. The Balaban J connectivity index is 1.76. The highest BCUT2D eigenvalue weighted by Crippen LogP contribution is 2.41. The van der Waals surface area contributed by atoms with Gasteiger partial charge in [0.05, 0.1) is 24.6 Å². The topological polar surface area (TPSA) is 67.8 Å². The number of pyridine rings is 2. The second-order valence-corrected chi connectivity index (χ2v) is 9.66. The van der Waals surface area contributed by atoms with Crippen LogP contribution in [0.25, 0.3) is 10.8 Å². The van der Waals surface area contributed by atoms with Crippen molar-refractivity contribution in [3.05, 3.63) is 22.2 Å². The minimum absolute atomic E-state index is 0.00293. The standard InChI is InChI=1S/C22H28ClFN4O3/c1-11-12(2)25-19(16-15(11)17(24)18(23)26-20(16)30-6)27-9-13-7-8-14(10-27)28(13)21(29)31-22(3,4)5/h13-14H,7-10H2,1-6H3. The molecule has 0 N–H and O–H groups in total. The fourth-order valence-corrected chi connectivity index (χ4v) is 4.79. The number of rotatable bonds is 2. The Morgan fingerprint density at radius 3 is 2.29 bits per heavy atom. The Morgan fingerprint density at radius 1 is 1.13 bits per heavy atom. The number of hydrogen-bond donors (Lipinski definition) is 0. The van der Waals surface area contributed by atoms with Crippen molar-refractivity contribution >= 4 is 34.3 Å². The number of hydrogen-bond acceptors (Lipinski definition) is 6. The highest BCUT2D eigenvalue weighted by Gasteiger charge is 2.45. The van der Waals surface area contributed by atoms with E-state index in [9.17, 15) is 4.79 Å². The molecule has 9 heteroatoms. The third-order valence-electron chi connectivity index (χ3n) is 6.06. The second-order valence-electron chi connectivity index (χ2n) is 9.30. The maximum Gasteiger partial charge on any atom is 0.410 e. The van der Waals surface area contributed by atoms with Gasteiger partial charge in [0, 0.05) is 24.2 Å². The van der Waals surface area contributed by atoms with Crippen LogP contribution in [0.2, 0.25) is 5.15 Å². The molecule has 2 aromatic rings. The summed E-state index contributed by atoms with van der Waals surface area (Å²) in [4.78, 5) is 25.6. The smallest absolute Gasteiger partial charge is 0.410 e. The van der Waals surface area contributed by atoms with E-state index in [1.165, 1.54) is 7.11 Å². The lowest BCUT2D eigenvalue weighted by Crippen LogP contribution is -2.57. The first-order valence-corrected chi connectivity index (χ1v) is 10.9. The third-order valence-corrected chi connectivity index (χ3v) is 6.31. The van der Waals surface area contributed by atoms with Crippen molar-refractivity contribution in [2.45, 2.75) is 65.1 Å². The predicted molar refractivity (Wildman–Crippen MR) is 118 cm³/mol. The van der Waals surface area contributed by atoms with Gasteiger partial charge < -0.3 is 14.4 Å². The quantitative estimate of drug-likeness (QED) is 0.621. The van der Waals surface area contributed by atoms with Gasteiger partial charge in [-0.15, -0.1) is 0 Å². The summed E-state index contributed by atoms with van der Waals surface area (Å²) < 4.78 is 26.1. The van der Waals surface area contributed by atoms with Gasteiger partial charge in [-0.1, -0.05) is 11.6 Å². The molecule has 1 amide bonds. The summed E-state index contributed by atoms with van der Waals surface area (Å²) in [6, 6.07) is 0.00585. The van der Waals surface area contributed by atoms with Crippen LogP contribution >= 0.6 is 11.6 Å². The molecule has 0 spiro atoms. The molecule has 4 rings (SSSR count). The minimum atomic E-state index is -0.572. The molecular weight excluding hydrogens is 423 g/mol. The largest absolute Gasteiger partial charge is 0.480 e. The van der Waals surface area contributed by atoms with Gasteiger partial charge in [0.1, 0.15) is 11.4 Å². The van der Waals surface area contributed by atoms with Gasteiger partial charge in [-0.25, -0.2) is 14.2 Å². The Bertz CT molecular complexity index is 1030. The summed E-state index contributed by atoms with van der Waals surface area (Å²) in [6.45, 7) is 10.4. The SMILES string of the molecule is COc1nc(Cl)c(F)c2c(C)c(C)nc(N3CC4CCC(C3)N4C(=O)OC(C)(C)C)c12. The first-order valence-electron chi connectivity index (χ1n) is 10.5. The molecule has 2 aliphatic heterocycles. The average molecular weight is 451 g/mol. The van der Waals surface area contributed by atoms with Crippen molar-refractivity contribution in [3.63, 3.8) is 0 Å². The molecule has 2 unspecified atom stereocenters. The molecule has 4 heterocycles. The van der Waals surface area contributed by atoms with Gasteiger partial charge in [0.15, 0.2) is 11.0 Å². The maximum absolute atomic E-state index is 15.0. The molecule has 0 saturated carbocycles. The maximum atomic E-state index is 15.0. The van der Waals surface area contributed by atoms with Crippen molar-refractivity contribution in [2.75, 3.05) is 25.1 Å². The molecule has 2 atom stereocenters. The Kier molecular flexibility index (Phi) is 5.40. The van der Waals surface area contributed by atoms with Crippen molar-refractivity contribution in [1.82, 2.24) is 14.9 Å². The zero-order valence-corrected chi connectivity index (χ0v) is 19.5. The van der Waals surface area contributed by atoms with Crippen LogP contribution in [0.4, 0.5) is 15.0 Å². The number of methoxy groups -OCH3 is 1. The fraction of sp³-hybridized carbons (Fsp3) is 0.591. The van der Waals surface area contributed by atoms with Crippen LogP contribution in [0, 0.1) is 19.7 Å². The van der Waals surface area contributed by atoms with Crippen LogP contribution in [0.1, 0.15) is 44.9 Å². The molecule has 2 saturated heterocycles. The van der Waals surface area contributed by atoms with Gasteiger partial charge in [-0.05, 0) is 53.0 Å². The number of aromatic nitrogens is 2. The van der Waals surface area contributed by atoms with E-state index in [0.29, 0.717) is 40.9 Å². The zero-order valence-electron chi connectivity index (χ0n) is 18.8. The minimum Gasteiger partial charge on any atom is -0.480 e. The van der Waals surface area contributed by atoms with Crippen LogP contribution in [0.5, 0.6) is 5.88 Å². The van der Waals surface area contributed by atoms with E-state index in [2.05, 4.69) is 9.88 Å². The normalized spacial score (nSPS) is 21.0. The molecule has 2 aliphatic rings. The molecule has 2 aromatic heterocycles. The molecule has 0 radical (unpaired) electrons. The van der Waals surface area contributed by atoms with Crippen molar-refractivity contribution in [3.8, 4) is 5.88 Å². The van der Waals surface area contributed by atoms with Gasteiger partial charge >= 0.3 is 6.09 Å². The number of piperazine rings is 1. The number of halogens is 2. The first kappa shape index (κ1) is 21.9. The number of amides is 1. The highest BCUT2D eigenvalue weighted by atomic mass is 35.5. The summed E-state index contributed by atoms with van der Waals surface area (Å²) in [5, 5.41) is 0.665. The molecule has 0 aliphatic carbocycles. The lowest BCUT2D eigenvalue weighted by atomic mass is 10.0. The summed E-state index contributed by atoms with van der Waals surface area (Å²) in [6.07, 6.45) is 1.49. The van der Waals surface area contributed by atoms with E-state index in [0.717, 1.165) is 12.8 Å². The number of nitrogens with zero attached hydrogens (tertiary/aromatic N) is 4. The number of carbonyl (C=O) groups is 1. The van der Waals surface area contributed by atoms with Gasteiger partial charge in [0.2, 0.25) is 5.88 Å². The average Bonchev–Trinajstić information content (AvgIpc) is 2.95. The summed E-state index contributed by atoms with van der Waals surface area (Å²) >= 11 is 6.04. The van der Waals surface area contributed by atoms with Crippen LogP contribution in [0.3, 0.4) is 0 Å². The van der Waals surface area contributed by atoms with Crippen LogP contribution in [0.15, 0.2) is 0 Å². The summed E-state index contributed by atoms with van der Waals surface area (Å²) in [5.74, 6) is 0.282. The summed E-state index contributed by atoms with van der Waals surface area (Å²) in [7, 11) is 1.49. The molecule has 2 fully saturated rings. The van der Waals surface area contributed by atoms with Crippen molar-refractivity contribution in [1.29, 1.82) is 0 Å². The van der Waals surface area contributed by atoms with Crippen LogP contribution in [-0.4, -0.2) is 58.8 Å². The fourth-order valence-electron chi connectivity index (χ4n) is 4.62. The van der Waals surface area contributed by atoms with Gasteiger partial charge in [-0.3, -0.25) is 4.90 Å². The summed E-state index contributed by atoms with van der Waals surface area (Å²) in [5.41, 5.74) is 0.872. The van der Waals surface area contributed by atoms with Crippen LogP contribution < -0.4 is 9.64 Å². The molecule has 31 heavy (non-hydrogen) atoms. The molecule has 2 bridgehead atoms. The lowest BCUT2D eigenvalue weighted by Gasteiger charge is -2.42. The third kappa shape index (κ3) is 3.75. The number of carbonyl (C=O) groups excluding carboxylic acids is 1. The Morgan fingerprint density at radius 2 is 1.74 bits per heavy atom. The predicted octanol–water partition coefficient (Wildman–Crippen LogP) is 4.64. The Hall–Kier alpha value is -2.35. The van der Waals surface area contributed by atoms with E-state index in [1.54, 1.807) is 0 Å². The van der Waals surface area contributed by atoms with E-state index in [1.807, 2.05) is 39.5 Å². The van der Waals surface area contributed by atoms with E-state index < -0.39 is 11.4 Å². The van der Waals surface area contributed by atoms with Crippen molar-refractivity contribution < 1.29 is 18.7 Å². The Labute approximate surface area is 186 Å². The molecule has 7 nitrogen and oxygen atoms in total. The van der Waals surface area contributed by atoms with E-state index >= 15 is 4.39 Å². The van der Waals surface area contributed by atoms with E-state index in [-0.39, 0.29) is 29.2 Å². The first-order chi connectivity index (χ1) is 14.5. The molecular formula is C22H28ClFN4O3. The zero-order chi connectivity index (χ0) is 22.7. The van der Waals surface area contributed by atoms with E-state index in [4.69, 9.17) is 26.1 Å². The second kappa shape index (κ2) is 7.65. The molecule has 168 valence electrons. The molecule has 0 aromatic carbocycles. The van der Waals surface area contributed by atoms with Crippen LogP contribution in [-0.2, 0) is 4.74 Å². The van der Waals surface area contributed by atoms with Gasteiger partial charge in [0.25, 0.3) is 0 Å². The lowest BCUT2D eigenvalue weighted by molar-refractivity contribution is 0.0123. The monoisotopic (exact) mass is 450 g/mol. The number of aryl methyl sites for hydroxylation is 2. The van der Waals surface area contributed by atoms with Gasteiger partial charge in [-0.2, -0.15) is 4.98 Å². The number of ether oxygens (including phenoxy) is 2.